The van der Waals surface area contributed by atoms with Crippen molar-refractivity contribution >= 4 is 57.0 Å². The van der Waals surface area contributed by atoms with Crippen LogP contribution in [0.4, 0.5) is 26.0 Å². The van der Waals surface area contributed by atoms with Crippen molar-refractivity contribution in [3.8, 4) is 0 Å². The maximum absolute atomic E-state index is 15.5. The van der Waals surface area contributed by atoms with Gasteiger partial charge in [-0.2, -0.15) is 0 Å². The summed E-state index contributed by atoms with van der Waals surface area (Å²) in [6, 6.07) is 9.97. The van der Waals surface area contributed by atoms with Crippen molar-refractivity contribution < 1.29 is 22.3 Å². The van der Waals surface area contributed by atoms with Gasteiger partial charge >= 0.3 is 0 Å². The van der Waals surface area contributed by atoms with E-state index >= 15 is 4.39 Å². The van der Waals surface area contributed by atoms with E-state index in [0.29, 0.717) is 16.4 Å². The number of aromatic nitrogens is 1. The Morgan fingerprint density at radius 2 is 1.94 bits per heavy atom. The van der Waals surface area contributed by atoms with E-state index in [1.54, 1.807) is 13.0 Å². The van der Waals surface area contributed by atoms with Crippen LogP contribution in [0.1, 0.15) is 41.3 Å². The number of rotatable bonds is 8. The van der Waals surface area contributed by atoms with Crippen LogP contribution in [0.3, 0.4) is 0 Å². The average Bonchev–Trinajstić information content (AvgIpc) is 3.54. The van der Waals surface area contributed by atoms with Crippen molar-refractivity contribution in [1.82, 2.24) is 4.57 Å². The predicted molar refractivity (Wildman–Crippen MR) is 141 cm³/mol. The molecule has 12 heteroatoms. The van der Waals surface area contributed by atoms with Gasteiger partial charge in [0.15, 0.2) is 5.82 Å². The average molecular weight is 627 g/mol. The van der Waals surface area contributed by atoms with Gasteiger partial charge in [-0.1, -0.05) is 12.1 Å². The summed E-state index contributed by atoms with van der Waals surface area (Å²) < 4.78 is 56.4. The molecule has 1 fully saturated rings. The van der Waals surface area contributed by atoms with Crippen LogP contribution in [0.25, 0.3) is 0 Å². The fourth-order valence-electron chi connectivity index (χ4n) is 3.99. The molecule has 8 nitrogen and oxygen atoms in total. The molecule has 3 N–H and O–H groups in total. The minimum absolute atomic E-state index is 0.0137. The van der Waals surface area contributed by atoms with Crippen LogP contribution in [0.5, 0.6) is 0 Å². The molecule has 0 saturated heterocycles. The smallest absolute Gasteiger partial charge is 0.255 e. The second-order valence-electron chi connectivity index (χ2n) is 8.84. The molecule has 4 rings (SSSR count). The van der Waals surface area contributed by atoms with Gasteiger partial charge in [-0.25, -0.2) is 8.78 Å². The van der Waals surface area contributed by atoms with Crippen molar-refractivity contribution in [2.75, 3.05) is 9.62 Å². The van der Waals surface area contributed by atoms with Gasteiger partial charge in [0.2, 0.25) is 0 Å². The Kier molecular flexibility index (Phi) is 7.21. The molecule has 0 bridgehead atoms. The molecule has 1 unspecified atom stereocenters. The standard InChI is InChI=1S/C24H23F2IN4O4S/c1-24(8-9-24)31(36(34)35)19-5-3-4-13(20(19)26)10-14-11-16(21(28)32)22(30(2)23(14)33)29-18-7-6-15(27)12-17(18)25/h3-7,11-12,29H,8-10H2,1-2H3,(H2,28,32)(H,34,35)/p-1. The second kappa shape index (κ2) is 9.90. The second-order valence-corrected chi connectivity index (χ2v) is 10.9. The molecule has 1 heterocycles. The number of anilines is 3. The highest BCUT2D eigenvalue weighted by Crippen LogP contribution is 2.45. The van der Waals surface area contributed by atoms with E-state index in [0.717, 1.165) is 8.87 Å². The highest BCUT2D eigenvalue weighted by molar-refractivity contribution is 14.1. The van der Waals surface area contributed by atoms with Crippen LogP contribution in [0.2, 0.25) is 0 Å². The Balaban J connectivity index is 1.75. The van der Waals surface area contributed by atoms with Gasteiger partial charge in [0.1, 0.15) is 11.6 Å². The van der Waals surface area contributed by atoms with E-state index in [2.05, 4.69) is 5.32 Å². The Labute approximate surface area is 222 Å². The lowest BCUT2D eigenvalue weighted by atomic mass is 10.0. The number of carbonyl (C=O) groups is 1. The number of hydrogen-bond acceptors (Lipinski definition) is 5. The first-order valence-corrected chi connectivity index (χ1v) is 13.0. The molecule has 1 atom stereocenters. The summed E-state index contributed by atoms with van der Waals surface area (Å²) in [7, 11) is 1.38. The summed E-state index contributed by atoms with van der Waals surface area (Å²) >= 11 is -0.741. The van der Waals surface area contributed by atoms with Crippen LogP contribution >= 0.6 is 22.6 Å². The first-order valence-electron chi connectivity index (χ1n) is 10.8. The third-order valence-corrected chi connectivity index (χ3v) is 7.82. The number of carbonyl (C=O) groups excluding carboxylic acids is 1. The van der Waals surface area contributed by atoms with E-state index in [1.165, 1.54) is 43.4 Å². The zero-order chi connectivity index (χ0) is 26.4. The predicted octanol–water partition coefficient (Wildman–Crippen LogP) is 3.85. The molecule has 1 aliphatic rings. The molecule has 0 radical (unpaired) electrons. The van der Waals surface area contributed by atoms with E-state index < -0.39 is 39.9 Å². The third kappa shape index (κ3) is 5.02. The van der Waals surface area contributed by atoms with Gasteiger partial charge in [0.25, 0.3) is 11.5 Å². The SMILES string of the molecule is Cn1c(Nc2ccc(I)cc2F)c(C(N)=O)cc(Cc2cccc(N(S(=O)[O-])C3(C)CC3)c2F)c1=O. The van der Waals surface area contributed by atoms with Crippen molar-refractivity contribution in [3.05, 3.63) is 84.7 Å². The minimum atomic E-state index is -2.69. The molecule has 190 valence electrons. The molecule has 1 aromatic heterocycles. The van der Waals surface area contributed by atoms with Gasteiger partial charge in [0.05, 0.1) is 22.5 Å². The van der Waals surface area contributed by atoms with Gasteiger partial charge in [0, 0.05) is 33.9 Å². The van der Waals surface area contributed by atoms with Crippen molar-refractivity contribution in [2.24, 2.45) is 12.8 Å². The third-order valence-electron chi connectivity index (χ3n) is 6.21. The van der Waals surface area contributed by atoms with Crippen LogP contribution in [-0.2, 0) is 24.7 Å². The van der Waals surface area contributed by atoms with Crippen LogP contribution < -0.4 is 20.9 Å². The van der Waals surface area contributed by atoms with Gasteiger partial charge in [-0.05, 0) is 78.3 Å². The number of pyridine rings is 1. The lowest BCUT2D eigenvalue weighted by Crippen LogP contribution is -2.37. The number of nitrogens with zero attached hydrogens (tertiary/aromatic N) is 2. The number of halogens is 3. The number of nitrogens with two attached hydrogens (primary N) is 1. The summed E-state index contributed by atoms with van der Waals surface area (Å²) in [5.74, 6) is -2.25. The van der Waals surface area contributed by atoms with Crippen LogP contribution in [0, 0.1) is 15.2 Å². The molecular formula is C24H22F2IN4O4S-. The largest absolute Gasteiger partial charge is 0.755 e. The van der Waals surface area contributed by atoms with Crippen molar-refractivity contribution in [3.63, 3.8) is 0 Å². The lowest BCUT2D eigenvalue weighted by Gasteiger charge is -2.33. The van der Waals surface area contributed by atoms with E-state index in [-0.39, 0.29) is 40.3 Å². The minimum Gasteiger partial charge on any atom is -0.755 e. The maximum Gasteiger partial charge on any atom is 0.255 e. The van der Waals surface area contributed by atoms with Crippen LogP contribution in [0.15, 0.2) is 47.3 Å². The molecule has 2 aromatic carbocycles. The molecule has 1 amide bonds. The Morgan fingerprint density at radius 1 is 1.25 bits per heavy atom. The number of benzene rings is 2. The summed E-state index contributed by atoms with van der Waals surface area (Å²) in [5, 5.41) is 2.76. The van der Waals surface area contributed by atoms with Crippen molar-refractivity contribution in [1.29, 1.82) is 0 Å². The summed E-state index contributed by atoms with van der Waals surface area (Å²) in [4.78, 5) is 25.4. The molecular weight excluding hydrogens is 605 g/mol. The quantitative estimate of drug-likeness (QED) is 0.291. The summed E-state index contributed by atoms with van der Waals surface area (Å²) in [5.41, 5.74) is 4.27. The zero-order valence-electron chi connectivity index (χ0n) is 19.3. The molecule has 0 aliphatic heterocycles. The van der Waals surface area contributed by atoms with Gasteiger partial charge < -0.3 is 15.6 Å². The fourth-order valence-corrected chi connectivity index (χ4v) is 5.28. The maximum atomic E-state index is 15.5. The number of nitrogens with one attached hydrogen (secondary N) is 1. The highest BCUT2D eigenvalue weighted by Gasteiger charge is 2.45. The molecule has 3 aromatic rings. The normalized spacial score (nSPS) is 14.8. The van der Waals surface area contributed by atoms with Gasteiger partial charge in [-0.15, -0.1) is 0 Å². The first-order chi connectivity index (χ1) is 16.9. The van der Waals surface area contributed by atoms with Gasteiger partial charge in [-0.3, -0.25) is 22.7 Å². The van der Waals surface area contributed by atoms with E-state index in [9.17, 15) is 22.7 Å². The lowest BCUT2D eigenvalue weighted by molar-refractivity contribution is 0.100. The molecule has 1 saturated carbocycles. The van der Waals surface area contributed by atoms with Crippen LogP contribution in [-0.4, -0.2) is 24.8 Å². The monoisotopic (exact) mass is 627 g/mol. The van der Waals surface area contributed by atoms with Crippen molar-refractivity contribution in [2.45, 2.75) is 31.7 Å². The molecule has 36 heavy (non-hydrogen) atoms. The number of hydrogen-bond donors (Lipinski definition) is 2. The first kappa shape index (κ1) is 26.2. The topological polar surface area (TPSA) is 120 Å². The molecule has 0 spiro atoms. The number of primary amides is 1. The Morgan fingerprint density at radius 3 is 2.53 bits per heavy atom. The van der Waals surface area contributed by atoms with E-state index in [1.807, 2.05) is 22.6 Å². The summed E-state index contributed by atoms with van der Waals surface area (Å²) in [6.07, 6.45) is 0.979. The number of amides is 1. The fraction of sp³-hybridized carbons (Fsp3) is 0.250. The molecule has 1 aliphatic carbocycles. The zero-order valence-corrected chi connectivity index (χ0v) is 22.3. The Hall–Kier alpha value is -2.84. The highest BCUT2D eigenvalue weighted by atomic mass is 127. The summed E-state index contributed by atoms with van der Waals surface area (Å²) in [6.45, 7) is 1.73. The van der Waals surface area contributed by atoms with E-state index in [4.69, 9.17) is 5.73 Å². The Bertz CT molecular complexity index is 1460.